The van der Waals surface area contributed by atoms with Crippen LogP contribution in [0.1, 0.15) is 25.2 Å². The number of methoxy groups -OCH3 is 1. The molecule has 1 unspecified atom stereocenters. The van der Waals surface area contributed by atoms with Gasteiger partial charge in [0.2, 0.25) is 0 Å². The van der Waals surface area contributed by atoms with E-state index in [1.165, 1.54) is 5.56 Å². The van der Waals surface area contributed by atoms with Gasteiger partial charge in [-0.15, -0.1) is 0 Å². The third-order valence-electron chi connectivity index (χ3n) is 3.99. The molecule has 0 aliphatic carbocycles. The van der Waals surface area contributed by atoms with Gasteiger partial charge in [-0.2, -0.15) is 0 Å². The van der Waals surface area contributed by atoms with Gasteiger partial charge < -0.3 is 19.8 Å². The van der Waals surface area contributed by atoms with E-state index in [4.69, 9.17) is 15.2 Å². The van der Waals surface area contributed by atoms with Crippen molar-refractivity contribution in [3.63, 3.8) is 0 Å². The highest BCUT2D eigenvalue weighted by atomic mass is 16.5. The van der Waals surface area contributed by atoms with Gasteiger partial charge in [0.25, 0.3) is 0 Å². The SMILES string of the molecule is CCn1c(C)nc(-c2cc3c(cc2OC)CC(C)O3)c1N. The van der Waals surface area contributed by atoms with Crippen molar-refractivity contribution < 1.29 is 9.47 Å². The molecule has 0 saturated heterocycles. The number of nitrogen functional groups attached to an aromatic ring is 1. The summed E-state index contributed by atoms with van der Waals surface area (Å²) in [7, 11) is 1.67. The van der Waals surface area contributed by atoms with Gasteiger partial charge in [-0.1, -0.05) is 0 Å². The van der Waals surface area contributed by atoms with E-state index in [9.17, 15) is 0 Å². The molecule has 5 heteroatoms. The number of rotatable bonds is 3. The number of fused-ring (bicyclic) bond motifs is 1. The lowest BCUT2D eigenvalue weighted by molar-refractivity contribution is 0.254. The Bertz CT molecular complexity index is 691. The zero-order valence-electron chi connectivity index (χ0n) is 12.9. The number of hydrogen-bond donors (Lipinski definition) is 1. The van der Waals surface area contributed by atoms with Crippen LogP contribution in [0.5, 0.6) is 11.5 Å². The zero-order chi connectivity index (χ0) is 15.1. The molecule has 1 aromatic carbocycles. The van der Waals surface area contributed by atoms with E-state index >= 15 is 0 Å². The second-order valence-corrected chi connectivity index (χ2v) is 5.43. The second-order valence-electron chi connectivity index (χ2n) is 5.43. The number of anilines is 1. The highest BCUT2D eigenvalue weighted by Crippen LogP contribution is 2.41. The smallest absolute Gasteiger partial charge is 0.131 e. The average Bonchev–Trinajstić information content (AvgIpc) is 2.95. The van der Waals surface area contributed by atoms with E-state index in [1.54, 1.807) is 7.11 Å². The van der Waals surface area contributed by atoms with Crippen LogP contribution in [-0.2, 0) is 13.0 Å². The molecule has 0 bridgehead atoms. The molecule has 0 amide bonds. The summed E-state index contributed by atoms with van der Waals surface area (Å²) in [6.07, 6.45) is 1.11. The lowest BCUT2D eigenvalue weighted by atomic mass is 10.0. The van der Waals surface area contributed by atoms with Crippen molar-refractivity contribution >= 4 is 5.82 Å². The molecule has 21 heavy (non-hydrogen) atoms. The predicted molar refractivity (Wildman–Crippen MR) is 82.8 cm³/mol. The molecule has 0 radical (unpaired) electrons. The van der Waals surface area contributed by atoms with Crippen LogP contribution in [0, 0.1) is 6.92 Å². The Kier molecular flexibility index (Phi) is 3.27. The summed E-state index contributed by atoms with van der Waals surface area (Å²) in [5.41, 5.74) is 9.07. The summed E-state index contributed by atoms with van der Waals surface area (Å²) in [5.74, 6) is 3.27. The molecule has 5 nitrogen and oxygen atoms in total. The third kappa shape index (κ3) is 2.13. The first-order chi connectivity index (χ1) is 10.0. The largest absolute Gasteiger partial charge is 0.496 e. The van der Waals surface area contributed by atoms with Gasteiger partial charge in [-0.25, -0.2) is 4.98 Å². The first-order valence-corrected chi connectivity index (χ1v) is 7.25. The van der Waals surface area contributed by atoms with Crippen molar-refractivity contribution in [2.75, 3.05) is 12.8 Å². The summed E-state index contributed by atoms with van der Waals surface area (Å²) in [4.78, 5) is 4.61. The lowest BCUT2D eigenvalue weighted by Crippen LogP contribution is -2.05. The lowest BCUT2D eigenvalue weighted by Gasteiger charge is -2.10. The van der Waals surface area contributed by atoms with Gasteiger partial charge in [0.1, 0.15) is 34.9 Å². The van der Waals surface area contributed by atoms with Crippen LogP contribution in [-0.4, -0.2) is 22.8 Å². The molecule has 2 heterocycles. The molecule has 0 fully saturated rings. The molecule has 0 spiro atoms. The topological polar surface area (TPSA) is 62.3 Å². The number of nitrogens with zero attached hydrogens (tertiary/aromatic N) is 2. The van der Waals surface area contributed by atoms with Crippen molar-refractivity contribution in [3.05, 3.63) is 23.5 Å². The molecular weight excluding hydrogens is 266 g/mol. The predicted octanol–water partition coefficient (Wildman–Crippen LogP) is 2.79. The fraction of sp³-hybridized carbons (Fsp3) is 0.438. The molecule has 1 aliphatic heterocycles. The van der Waals surface area contributed by atoms with Crippen molar-refractivity contribution in [2.45, 2.75) is 39.8 Å². The summed E-state index contributed by atoms with van der Waals surface area (Å²) < 4.78 is 13.4. The fourth-order valence-corrected chi connectivity index (χ4v) is 2.97. The monoisotopic (exact) mass is 287 g/mol. The summed E-state index contributed by atoms with van der Waals surface area (Å²) >= 11 is 0. The Labute approximate surface area is 124 Å². The van der Waals surface area contributed by atoms with Crippen molar-refractivity contribution in [3.8, 4) is 22.8 Å². The summed E-state index contributed by atoms with van der Waals surface area (Å²) in [5, 5.41) is 0. The molecule has 112 valence electrons. The van der Waals surface area contributed by atoms with Crippen LogP contribution >= 0.6 is 0 Å². The standard InChI is InChI=1S/C16H21N3O2/c1-5-19-10(3)18-15(16(19)17)12-8-13-11(6-9(2)21-13)7-14(12)20-4/h7-9H,5-6,17H2,1-4H3. The molecular formula is C16H21N3O2. The van der Waals surface area contributed by atoms with Gasteiger partial charge in [-0.05, 0) is 32.9 Å². The summed E-state index contributed by atoms with van der Waals surface area (Å²) in [6.45, 7) is 6.88. The minimum Gasteiger partial charge on any atom is -0.496 e. The second kappa shape index (κ2) is 4.98. The Morgan fingerprint density at radius 1 is 1.48 bits per heavy atom. The van der Waals surface area contributed by atoms with Gasteiger partial charge in [0.15, 0.2) is 0 Å². The van der Waals surface area contributed by atoms with Crippen molar-refractivity contribution in [1.82, 2.24) is 9.55 Å². The van der Waals surface area contributed by atoms with E-state index in [0.717, 1.165) is 41.5 Å². The van der Waals surface area contributed by atoms with Gasteiger partial charge >= 0.3 is 0 Å². The zero-order valence-corrected chi connectivity index (χ0v) is 12.9. The Hall–Kier alpha value is -2.17. The van der Waals surface area contributed by atoms with Crippen LogP contribution in [0.4, 0.5) is 5.82 Å². The molecule has 1 aromatic heterocycles. The maximum absolute atomic E-state index is 6.25. The fourth-order valence-electron chi connectivity index (χ4n) is 2.97. The van der Waals surface area contributed by atoms with Gasteiger partial charge in [-0.3, -0.25) is 0 Å². The van der Waals surface area contributed by atoms with E-state index in [-0.39, 0.29) is 6.10 Å². The maximum Gasteiger partial charge on any atom is 0.131 e. The minimum atomic E-state index is 0.201. The van der Waals surface area contributed by atoms with Crippen molar-refractivity contribution in [2.24, 2.45) is 0 Å². The highest BCUT2D eigenvalue weighted by molar-refractivity contribution is 5.78. The first-order valence-electron chi connectivity index (χ1n) is 7.25. The number of aryl methyl sites for hydroxylation is 1. The van der Waals surface area contributed by atoms with E-state index in [0.29, 0.717) is 5.82 Å². The van der Waals surface area contributed by atoms with E-state index < -0.39 is 0 Å². The van der Waals surface area contributed by atoms with Crippen LogP contribution in [0.15, 0.2) is 12.1 Å². The van der Waals surface area contributed by atoms with Crippen LogP contribution in [0.25, 0.3) is 11.3 Å². The highest BCUT2D eigenvalue weighted by Gasteiger charge is 2.24. The molecule has 1 aliphatic rings. The van der Waals surface area contributed by atoms with E-state index in [2.05, 4.69) is 18.8 Å². The number of benzene rings is 1. The number of aromatic nitrogens is 2. The Morgan fingerprint density at radius 2 is 2.24 bits per heavy atom. The Morgan fingerprint density at radius 3 is 2.86 bits per heavy atom. The maximum atomic E-state index is 6.25. The number of ether oxygens (including phenoxy) is 2. The number of hydrogen-bond acceptors (Lipinski definition) is 4. The van der Waals surface area contributed by atoms with Crippen LogP contribution in [0.2, 0.25) is 0 Å². The van der Waals surface area contributed by atoms with Crippen LogP contribution in [0.3, 0.4) is 0 Å². The third-order valence-corrected chi connectivity index (χ3v) is 3.99. The quantitative estimate of drug-likeness (QED) is 0.943. The average molecular weight is 287 g/mol. The van der Waals surface area contributed by atoms with E-state index in [1.807, 2.05) is 23.6 Å². The Balaban J connectivity index is 2.17. The molecule has 2 N–H and O–H groups in total. The number of nitrogens with two attached hydrogens (primary N) is 1. The molecule has 3 rings (SSSR count). The minimum absolute atomic E-state index is 0.201. The summed E-state index contributed by atoms with van der Waals surface area (Å²) in [6, 6.07) is 4.03. The molecule has 2 aromatic rings. The molecule has 0 saturated carbocycles. The van der Waals surface area contributed by atoms with Crippen LogP contribution < -0.4 is 15.2 Å². The number of imidazole rings is 1. The normalized spacial score (nSPS) is 16.7. The first kappa shape index (κ1) is 13.8. The van der Waals surface area contributed by atoms with Gasteiger partial charge in [0, 0.05) is 24.1 Å². The van der Waals surface area contributed by atoms with Gasteiger partial charge in [0.05, 0.1) is 7.11 Å². The van der Waals surface area contributed by atoms with Crippen molar-refractivity contribution in [1.29, 1.82) is 0 Å². The molecule has 1 atom stereocenters.